The van der Waals surface area contributed by atoms with Gasteiger partial charge in [0.1, 0.15) is 5.82 Å². The van der Waals surface area contributed by atoms with E-state index in [0.717, 1.165) is 11.3 Å². The summed E-state index contributed by atoms with van der Waals surface area (Å²) in [5, 5.41) is 0. The molecule has 2 N–H and O–H groups in total. The summed E-state index contributed by atoms with van der Waals surface area (Å²) in [5.41, 5.74) is 11.7. The molecule has 0 amide bonds. The minimum absolute atomic E-state index is 0.142. The third-order valence-corrected chi connectivity index (χ3v) is 3.20. The van der Waals surface area contributed by atoms with E-state index >= 15 is 0 Å². The Morgan fingerprint density at radius 3 is 2.39 bits per heavy atom. The Kier molecular flexibility index (Phi) is 3.43. The molecule has 0 aliphatic carbocycles. The summed E-state index contributed by atoms with van der Waals surface area (Å²) in [6.07, 6.45) is 1.77. The third-order valence-electron chi connectivity index (χ3n) is 3.20. The molecule has 0 bridgehead atoms. The quantitative estimate of drug-likeness (QED) is 0.879. The molecule has 0 saturated heterocycles. The van der Waals surface area contributed by atoms with Crippen LogP contribution in [0.3, 0.4) is 0 Å². The summed E-state index contributed by atoms with van der Waals surface area (Å²) >= 11 is 0. The molecule has 94 valence electrons. The monoisotopic (exact) mass is 241 g/mol. The molecule has 0 fully saturated rings. The van der Waals surface area contributed by atoms with Gasteiger partial charge in [0.2, 0.25) is 0 Å². The van der Waals surface area contributed by atoms with E-state index in [-0.39, 0.29) is 6.04 Å². The second-order valence-corrected chi connectivity index (χ2v) is 4.84. The van der Waals surface area contributed by atoms with Crippen LogP contribution in [0.4, 0.5) is 0 Å². The Hall–Kier alpha value is -1.74. The zero-order chi connectivity index (χ0) is 13.3. The number of benzene rings is 1. The van der Waals surface area contributed by atoms with Crippen LogP contribution < -0.4 is 5.73 Å². The molecule has 3 nitrogen and oxygen atoms in total. The molecule has 1 aromatic heterocycles. The van der Waals surface area contributed by atoms with E-state index in [4.69, 9.17) is 5.73 Å². The van der Waals surface area contributed by atoms with E-state index in [2.05, 4.69) is 42.9 Å². The fraction of sp³-hybridized carbons (Fsp3) is 0.333. The highest BCUT2D eigenvalue weighted by Crippen LogP contribution is 2.25. The summed E-state index contributed by atoms with van der Waals surface area (Å²) in [7, 11) is 0. The highest BCUT2D eigenvalue weighted by Gasteiger charge is 2.09. The van der Waals surface area contributed by atoms with Gasteiger partial charge in [0, 0.05) is 11.8 Å². The number of hydrogen-bond acceptors (Lipinski definition) is 3. The van der Waals surface area contributed by atoms with Gasteiger partial charge in [-0.25, -0.2) is 9.97 Å². The SMILES string of the molecule is Cc1cc(C)c(-c2ccnc(C(C)N)n2)cc1C. The van der Waals surface area contributed by atoms with E-state index in [1.165, 1.54) is 16.7 Å². The van der Waals surface area contributed by atoms with E-state index in [0.29, 0.717) is 5.82 Å². The summed E-state index contributed by atoms with van der Waals surface area (Å²) in [6, 6.07) is 6.16. The molecule has 1 unspecified atom stereocenters. The number of aryl methyl sites for hydroxylation is 3. The molecule has 18 heavy (non-hydrogen) atoms. The van der Waals surface area contributed by atoms with Crippen LogP contribution in [0, 0.1) is 20.8 Å². The van der Waals surface area contributed by atoms with Gasteiger partial charge in [-0.2, -0.15) is 0 Å². The van der Waals surface area contributed by atoms with Gasteiger partial charge in [-0.3, -0.25) is 0 Å². The lowest BCUT2D eigenvalue weighted by Gasteiger charge is -2.11. The smallest absolute Gasteiger partial charge is 0.145 e. The van der Waals surface area contributed by atoms with Gasteiger partial charge in [-0.1, -0.05) is 6.07 Å². The van der Waals surface area contributed by atoms with Crippen molar-refractivity contribution in [3.63, 3.8) is 0 Å². The van der Waals surface area contributed by atoms with Crippen molar-refractivity contribution >= 4 is 0 Å². The fourth-order valence-corrected chi connectivity index (χ4v) is 1.98. The van der Waals surface area contributed by atoms with Crippen LogP contribution in [0.15, 0.2) is 24.4 Å². The van der Waals surface area contributed by atoms with E-state index in [1.807, 2.05) is 13.0 Å². The van der Waals surface area contributed by atoms with Crippen LogP contribution in [-0.2, 0) is 0 Å². The molecule has 0 radical (unpaired) electrons. The highest BCUT2D eigenvalue weighted by atomic mass is 14.9. The van der Waals surface area contributed by atoms with Crippen molar-refractivity contribution in [1.82, 2.24) is 9.97 Å². The molecule has 2 aromatic rings. The van der Waals surface area contributed by atoms with Crippen molar-refractivity contribution < 1.29 is 0 Å². The molecule has 3 heteroatoms. The molecular weight excluding hydrogens is 222 g/mol. The first-order chi connectivity index (χ1) is 8.49. The highest BCUT2D eigenvalue weighted by molar-refractivity contribution is 5.65. The predicted molar refractivity (Wildman–Crippen MR) is 74.3 cm³/mol. The Morgan fingerprint density at radius 2 is 1.72 bits per heavy atom. The lowest BCUT2D eigenvalue weighted by Crippen LogP contribution is -2.10. The van der Waals surface area contributed by atoms with Crippen LogP contribution >= 0.6 is 0 Å². The number of nitrogens with zero attached hydrogens (tertiary/aromatic N) is 2. The fourth-order valence-electron chi connectivity index (χ4n) is 1.98. The molecular formula is C15H19N3. The number of aromatic nitrogens is 2. The van der Waals surface area contributed by atoms with Gasteiger partial charge in [0.25, 0.3) is 0 Å². The standard InChI is InChI=1S/C15H19N3/c1-9-7-11(3)13(8-10(9)2)14-5-6-17-15(18-14)12(4)16/h5-8,12H,16H2,1-4H3. The Balaban J connectivity index is 2.55. The van der Waals surface area contributed by atoms with Crippen molar-refractivity contribution in [2.45, 2.75) is 33.7 Å². The maximum Gasteiger partial charge on any atom is 0.145 e. The predicted octanol–water partition coefficient (Wildman–Crippen LogP) is 3.09. The lowest BCUT2D eigenvalue weighted by atomic mass is 9.98. The Morgan fingerprint density at radius 1 is 1.06 bits per heavy atom. The molecule has 2 rings (SSSR count). The van der Waals surface area contributed by atoms with Gasteiger partial charge in [-0.05, 0) is 56.5 Å². The van der Waals surface area contributed by atoms with Crippen molar-refractivity contribution in [1.29, 1.82) is 0 Å². The maximum absolute atomic E-state index is 5.83. The summed E-state index contributed by atoms with van der Waals surface area (Å²) in [5.74, 6) is 0.685. The first-order valence-corrected chi connectivity index (χ1v) is 6.16. The second-order valence-electron chi connectivity index (χ2n) is 4.84. The topological polar surface area (TPSA) is 51.8 Å². The zero-order valence-corrected chi connectivity index (χ0v) is 11.4. The molecule has 0 saturated carbocycles. The number of rotatable bonds is 2. The van der Waals surface area contributed by atoms with Crippen LogP contribution in [-0.4, -0.2) is 9.97 Å². The van der Waals surface area contributed by atoms with Crippen molar-refractivity contribution in [2.24, 2.45) is 5.73 Å². The van der Waals surface area contributed by atoms with Gasteiger partial charge in [-0.15, -0.1) is 0 Å². The Bertz CT molecular complexity index is 574. The average molecular weight is 241 g/mol. The van der Waals surface area contributed by atoms with Gasteiger partial charge in [0.15, 0.2) is 0 Å². The maximum atomic E-state index is 5.83. The van der Waals surface area contributed by atoms with Gasteiger partial charge < -0.3 is 5.73 Å². The van der Waals surface area contributed by atoms with Gasteiger partial charge in [0.05, 0.1) is 11.7 Å². The number of hydrogen-bond donors (Lipinski definition) is 1. The first-order valence-electron chi connectivity index (χ1n) is 6.16. The van der Waals surface area contributed by atoms with Crippen molar-refractivity contribution in [3.05, 3.63) is 46.9 Å². The van der Waals surface area contributed by atoms with Crippen LogP contribution in [0.1, 0.15) is 35.5 Å². The Labute approximate surface area is 108 Å². The van der Waals surface area contributed by atoms with Gasteiger partial charge >= 0.3 is 0 Å². The average Bonchev–Trinajstić information content (AvgIpc) is 2.34. The zero-order valence-electron chi connectivity index (χ0n) is 11.4. The minimum atomic E-state index is -0.142. The summed E-state index contributed by atoms with van der Waals surface area (Å²) in [4.78, 5) is 8.74. The lowest BCUT2D eigenvalue weighted by molar-refractivity contribution is 0.740. The first kappa shape index (κ1) is 12.7. The molecule has 0 aliphatic heterocycles. The largest absolute Gasteiger partial charge is 0.322 e. The second kappa shape index (κ2) is 4.86. The van der Waals surface area contributed by atoms with E-state index in [1.54, 1.807) is 6.20 Å². The number of nitrogens with two attached hydrogens (primary N) is 1. The third kappa shape index (κ3) is 2.41. The molecule has 0 spiro atoms. The van der Waals surface area contributed by atoms with Crippen LogP contribution in [0.2, 0.25) is 0 Å². The summed E-state index contributed by atoms with van der Waals surface area (Å²) in [6.45, 7) is 8.24. The molecule has 0 aliphatic rings. The van der Waals surface area contributed by atoms with Crippen molar-refractivity contribution in [3.8, 4) is 11.3 Å². The normalized spacial score (nSPS) is 12.5. The molecule has 1 aromatic carbocycles. The van der Waals surface area contributed by atoms with Crippen LogP contribution in [0.25, 0.3) is 11.3 Å². The van der Waals surface area contributed by atoms with Crippen LogP contribution in [0.5, 0.6) is 0 Å². The molecule has 1 atom stereocenters. The van der Waals surface area contributed by atoms with E-state index in [9.17, 15) is 0 Å². The van der Waals surface area contributed by atoms with Crippen molar-refractivity contribution in [2.75, 3.05) is 0 Å². The summed E-state index contributed by atoms with van der Waals surface area (Å²) < 4.78 is 0. The molecule has 1 heterocycles. The van der Waals surface area contributed by atoms with E-state index < -0.39 is 0 Å². The minimum Gasteiger partial charge on any atom is -0.322 e.